The average molecular weight is 307 g/mol. The van der Waals surface area contributed by atoms with Crippen LogP contribution in [-0.4, -0.2) is 30.1 Å². The first kappa shape index (κ1) is 13.8. The first-order valence-corrected chi connectivity index (χ1v) is 7.56. The lowest BCUT2D eigenvalue weighted by molar-refractivity contribution is 0.0748. The van der Waals surface area contributed by atoms with Crippen LogP contribution in [0, 0.1) is 0 Å². The molecule has 0 N–H and O–H groups in total. The van der Waals surface area contributed by atoms with Crippen LogP contribution in [0.3, 0.4) is 0 Å². The van der Waals surface area contributed by atoms with Crippen LogP contribution in [0.5, 0.6) is 0 Å². The van der Waals surface area contributed by atoms with E-state index in [4.69, 9.17) is 0 Å². The number of carbonyl (C=O) groups is 1. The Morgan fingerprint density at radius 3 is 2.78 bits per heavy atom. The largest absolute Gasteiger partial charge is 0.331 e. The van der Waals surface area contributed by atoms with Gasteiger partial charge in [0.2, 0.25) is 0 Å². The average Bonchev–Trinajstić information content (AvgIpc) is 3.28. The molecule has 3 heterocycles. The van der Waals surface area contributed by atoms with Crippen LogP contribution in [0.2, 0.25) is 0 Å². The molecule has 0 saturated carbocycles. The summed E-state index contributed by atoms with van der Waals surface area (Å²) >= 11 is 0. The molecule has 0 bridgehead atoms. The number of imidazole rings is 1. The molecule has 23 heavy (non-hydrogen) atoms. The molecule has 1 aliphatic heterocycles. The molecule has 0 atom stereocenters. The number of aromatic nitrogens is 4. The summed E-state index contributed by atoms with van der Waals surface area (Å²) in [6, 6.07) is 9.42. The molecule has 0 saturated heterocycles. The van der Waals surface area contributed by atoms with E-state index in [0.29, 0.717) is 19.6 Å². The van der Waals surface area contributed by atoms with Gasteiger partial charge in [0.1, 0.15) is 0 Å². The summed E-state index contributed by atoms with van der Waals surface area (Å²) in [6.45, 7) is 1.90. The van der Waals surface area contributed by atoms with Gasteiger partial charge in [-0.2, -0.15) is 5.10 Å². The second kappa shape index (κ2) is 5.39. The number of hydrogen-bond acceptors (Lipinski definition) is 3. The smallest absolute Gasteiger partial charge is 0.254 e. The van der Waals surface area contributed by atoms with E-state index in [0.717, 1.165) is 22.5 Å². The Morgan fingerprint density at radius 2 is 2.04 bits per heavy atom. The van der Waals surface area contributed by atoms with E-state index in [1.54, 1.807) is 12.5 Å². The number of aryl methyl sites for hydroxylation is 1. The van der Waals surface area contributed by atoms with Gasteiger partial charge < -0.3 is 9.47 Å². The lowest BCUT2D eigenvalue weighted by atomic mass is 10.2. The molecule has 4 rings (SSSR count). The lowest BCUT2D eigenvalue weighted by Crippen LogP contribution is -2.26. The number of hydrogen-bond donors (Lipinski definition) is 0. The highest BCUT2D eigenvalue weighted by Crippen LogP contribution is 2.27. The number of benzene rings is 1. The van der Waals surface area contributed by atoms with Crippen LogP contribution < -0.4 is 0 Å². The Hall–Kier alpha value is -2.89. The van der Waals surface area contributed by atoms with E-state index in [1.807, 2.05) is 57.7 Å². The topological polar surface area (TPSA) is 56.0 Å². The van der Waals surface area contributed by atoms with Crippen LogP contribution in [0.15, 0.2) is 49.1 Å². The minimum atomic E-state index is 0.0652. The third-order valence-corrected chi connectivity index (χ3v) is 4.25. The van der Waals surface area contributed by atoms with Crippen molar-refractivity contribution in [3.8, 4) is 0 Å². The van der Waals surface area contributed by atoms with Crippen molar-refractivity contribution in [1.82, 2.24) is 24.2 Å². The summed E-state index contributed by atoms with van der Waals surface area (Å²) in [7, 11) is 1.94. The molecule has 1 aliphatic rings. The van der Waals surface area contributed by atoms with Crippen molar-refractivity contribution < 1.29 is 4.79 Å². The van der Waals surface area contributed by atoms with Crippen molar-refractivity contribution in [3.63, 3.8) is 0 Å². The second-order valence-electron chi connectivity index (χ2n) is 5.76. The summed E-state index contributed by atoms with van der Waals surface area (Å²) in [6.07, 6.45) is 5.46. The van der Waals surface area contributed by atoms with E-state index in [2.05, 4.69) is 10.1 Å². The Labute approximate surface area is 134 Å². The fraction of sp³-hybridized carbons (Fsp3) is 0.235. The summed E-state index contributed by atoms with van der Waals surface area (Å²) in [5.74, 6) is 0.0652. The van der Waals surface area contributed by atoms with Gasteiger partial charge >= 0.3 is 0 Å². The maximum Gasteiger partial charge on any atom is 0.254 e. The van der Waals surface area contributed by atoms with E-state index < -0.39 is 0 Å². The molecule has 1 amide bonds. The Kier molecular flexibility index (Phi) is 3.22. The first-order valence-electron chi connectivity index (χ1n) is 7.56. The van der Waals surface area contributed by atoms with Crippen LogP contribution >= 0.6 is 0 Å². The zero-order valence-electron chi connectivity index (χ0n) is 12.9. The number of amides is 1. The van der Waals surface area contributed by atoms with Crippen molar-refractivity contribution in [3.05, 3.63) is 71.6 Å². The Bertz CT molecular complexity index is 836. The maximum absolute atomic E-state index is 12.6. The number of fused-ring (bicyclic) bond motifs is 1. The van der Waals surface area contributed by atoms with Crippen LogP contribution in [0.4, 0.5) is 0 Å². The quantitative estimate of drug-likeness (QED) is 0.741. The van der Waals surface area contributed by atoms with Gasteiger partial charge in [-0.1, -0.05) is 18.2 Å². The number of nitrogens with zero attached hydrogens (tertiary/aromatic N) is 5. The maximum atomic E-state index is 12.6. The molecule has 0 radical (unpaired) electrons. The van der Waals surface area contributed by atoms with Gasteiger partial charge in [0.25, 0.3) is 5.91 Å². The van der Waals surface area contributed by atoms with E-state index in [9.17, 15) is 4.79 Å². The predicted molar refractivity (Wildman–Crippen MR) is 84.6 cm³/mol. The van der Waals surface area contributed by atoms with Gasteiger partial charge in [-0.25, -0.2) is 4.98 Å². The second-order valence-corrected chi connectivity index (χ2v) is 5.76. The van der Waals surface area contributed by atoms with Gasteiger partial charge in [0.05, 0.1) is 37.3 Å². The highest BCUT2D eigenvalue weighted by atomic mass is 16.2. The molecule has 1 aromatic carbocycles. The van der Waals surface area contributed by atoms with Crippen LogP contribution in [0.25, 0.3) is 0 Å². The molecule has 0 unspecified atom stereocenters. The van der Waals surface area contributed by atoms with Crippen molar-refractivity contribution >= 4 is 5.91 Å². The molecule has 3 aromatic rings. The molecule has 6 nitrogen and oxygen atoms in total. The lowest BCUT2D eigenvalue weighted by Gasteiger charge is -2.16. The van der Waals surface area contributed by atoms with E-state index in [1.165, 1.54) is 0 Å². The molecule has 116 valence electrons. The normalized spacial score (nSPS) is 13.3. The van der Waals surface area contributed by atoms with Crippen LogP contribution in [-0.2, 0) is 26.7 Å². The van der Waals surface area contributed by atoms with Gasteiger partial charge in [-0.3, -0.25) is 9.48 Å². The minimum absolute atomic E-state index is 0.0652. The Balaban J connectivity index is 1.59. The Morgan fingerprint density at radius 1 is 1.22 bits per heavy atom. The summed E-state index contributed by atoms with van der Waals surface area (Å²) in [5.41, 5.74) is 4.00. The fourth-order valence-corrected chi connectivity index (χ4v) is 3.06. The van der Waals surface area contributed by atoms with Gasteiger partial charge in [-0.15, -0.1) is 0 Å². The van der Waals surface area contributed by atoms with Crippen molar-refractivity contribution in [1.29, 1.82) is 0 Å². The fourth-order valence-electron chi connectivity index (χ4n) is 3.06. The van der Waals surface area contributed by atoms with Gasteiger partial charge in [0, 0.05) is 30.6 Å². The predicted octanol–water partition coefficient (Wildman–Crippen LogP) is 1.82. The monoisotopic (exact) mass is 307 g/mol. The van der Waals surface area contributed by atoms with Gasteiger partial charge in [-0.05, 0) is 12.1 Å². The highest BCUT2D eigenvalue weighted by Gasteiger charge is 2.30. The summed E-state index contributed by atoms with van der Waals surface area (Å²) in [5, 5.41) is 4.60. The third-order valence-electron chi connectivity index (χ3n) is 4.25. The molecule has 0 spiro atoms. The first-order chi connectivity index (χ1) is 11.2. The standard InChI is InChI=1S/C17H17N5O/c1-20-16-11-22(17(23)13-5-3-2-4-6-13)9-14(16)15(19-20)10-21-8-7-18-12-21/h2-8,12H,9-11H2,1H3. The van der Waals surface area contributed by atoms with E-state index >= 15 is 0 Å². The SMILES string of the molecule is Cn1nc(Cn2ccnc2)c2c1CN(C(=O)c1ccccc1)C2. The zero-order chi connectivity index (χ0) is 15.8. The molecular formula is C17H17N5O. The summed E-state index contributed by atoms with van der Waals surface area (Å²) in [4.78, 5) is 18.6. The van der Waals surface area contributed by atoms with E-state index in [-0.39, 0.29) is 5.91 Å². The van der Waals surface area contributed by atoms with Crippen molar-refractivity contribution in [2.24, 2.45) is 7.05 Å². The van der Waals surface area contributed by atoms with Crippen LogP contribution in [0.1, 0.15) is 27.3 Å². The third kappa shape index (κ3) is 2.42. The zero-order valence-corrected chi connectivity index (χ0v) is 12.9. The molecule has 2 aromatic heterocycles. The van der Waals surface area contributed by atoms with Crippen molar-refractivity contribution in [2.45, 2.75) is 19.6 Å². The molecule has 6 heteroatoms. The van der Waals surface area contributed by atoms with Gasteiger partial charge in [0.15, 0.2) is 0 Å². The molecule has 0 fully saturated rings. The number of rotatable bonds is 3. The highest BCUT2D eigenvalue weighted by molar-refractivity contribution is 5.94. The van der Waals surface area contributed by atoms with Crippen molar-refractivity contribution in [2.75, 3.05) is 0 Å². The molecular weight excluding hydrogens is 290 g/mol. The summed E-state index contributed by atoms with van der Waals surface area (Å²) < 4.78 is 3.88. The number of carbonyl (C=O) groups excluding carboxylic acids is 1. The molecule has 0 aliphatic carbocycles. The minimum Gasteiger partial charge on any atom is -0.331 e.